The Hall–Kier alpha value is 0.0400. The lowest BCUT2D eigenvalue weighted by molar-refractivity contribution is -0.146. The number of halogens is 2. The smallest absolute Gasteiger partial charge is 0.163 e. The molecule has 0 unspecified atom stereocenters. The molecule has 2 saturated heterocycles. The van der Waals surface area contributed by atoms with E-state index in [1.807, 2.05) is 13.8 Å². The highest BCUT2D eigenvalue weighted by molar-refractivity contribution is 6.56. The highest BCUT2D eigenvalue weighted by Gasteiger charge is 2.44. The van der Waals surface area contributed by atoms with Crippen molar-refractivity contribution < 1.29 is 14.2 Å². The van der Waals surface area contributed by atoms with Crippen molar-refractivity contribution in [2.45, 2.75) is 38.3 Å². The predicted octanol–water partition coefficient (Wildman–Crippen LogP) is 2.57. The summed E-state index contributed by atoms with van der Waals surface area (Å²) in [6, 6.07) is 0. The lowest BCUT2D eigenvalue weighted by Gasteiger charge is -2.25. The third-order valence-corrected chi connectivity index (χ3v) is 2.73. The van der Waals surface area contributed by atoms with Crippen LogP contribution < -0.4 is 0 Å². The van der Waals surface area contributed by atoms with E-state index in [0.717, 1.165) is 0 Å². The Morgan fingerprint density at radius 1 is 1.29 bits per heavy atom. The summed E-state index contributed by atoms with van der Waals surface area (Å²) in [6.45, 7) is 4.22. The summed E-state index contributed by atoms with van der Waals surface area (Å²) in [5, 5.41) is 0. The SMILES string of the molecule is CC1(C)O[C@H]2CC(=C(Cl)Cl)OC[C@H]2O1. The Kier molecular flexibility index (Phi) is 2.68. The molecular weight excluding hydrogens is 227 g/mol. The average Bonchev–Trinajstić information content (AvgIpc) is 2.36. The number of hydrogen-bond donors (Lipinski definition) is 0. The number of fused-ring (bicyclic) bond motifs is 1. The third kappa shape index (κ3) is 2.01. The summed E-state index contributed by atoms with van der Waals surface area (Å²) in [5.41, 5.74) is 0. The standard InChI is InChI=1S/C9H12Cl2O3/c1-9(2)13-5-3-6(8(10)11)12-4-7(5)14-9/h5,7H,3-4H2,1-2H3/t5-,7+/m0/s1. The van der Waals surface area contributed by atoms with Crippen LogP contribution >= 0.6 is 23.2 Å². The second-order valence-electron chi connectivity index (χ2n) is 3.91. The molecule has 0 spiro atoms. The van der Waals surface area contributed by atoms with Crippen LogP contribution in [0.2, 0.25) is 0 Å². The lowest BCUT2D eigenvalue weighted by Crippen LogP contribution is -2.33. The van der Waals surface area contributed by atoms with Gasteiger partial charge in [0.2, 0.25) is 0 Å². The summed E-state index contributed by atoms with van der Waals surface area (Å²) < 4.78 is 16.8. The van der Waals surface area contributed by atoms with E-state index in [9.17, 15) is 0 Å². The molecule has 0 saturated carbocycles. The monoisotopic (exact) mass is 238 g/mol. The van der Waals surface area contributed by atoms with E-state index in [0.29, 0.717) is 18.8 Å². The first-order valence-corrected chi connectivity index (χ1v) is 5.26. The molecule has 5 heteroatoms. The van der Waals surface area contributed by atoms with Crippen molar-refractivity contribution >= 4 is 23.2 Å². The van der Waals surface area contributed by atoms with E-state index in [2.05, 4.69) is 0 Å². The van der Waals surface area contributed by atoms with Gasteiger partial charge in [0, 0.05) is 6.42 Å². The van der Waals surface area contributed by atoms with Gasteiger partial charge in [-0.05, 0) is 13.8 Å². The maximum absolute atomic E-state index is 5.68. The van der Waals surface area contributed by atoms with Gasteiger partial charge in [-0.1, -0.05) is 23.2 Å². The van der Waals surface area contributed by atoms with Crippen LogP contribution in [0.15, 0.2) is 10.3 Å². The molecule has 0 N–H and O–H groups in total. The summed E-state index contributed by atoms with van der Waals surface area (Å²) >= 11 is 11.3. The van der Waals surface area contributed by atoms with Gasteiger partial charge in [-0.25, -0.2) is 0 Å². The normalized spacial score (nSPS) is 35.0. The number of rotatable bonds is 0. The fraction of sp³-hybridized carbons (Fsp3) is 0.778. The first kappa shape index (κ1) is 10.6. The van der Waals surface area contributed by atoms with E-state index in [1.54, 1.807) is 0 Å². The lowest BCUT2D eigenvalue weighted by atomic mass is 10.1. The predicted molar refractivity (Wildman–Crippen MR) is 53.1 cm³/mol. The van der Waals surface area contributed by atoms with Gasteiger partial charge in [0.15, 0.2) is 5.79 Å². The van der Waals surface area contributed by atoms with Crippen LogP contribution in [0.3, 0.4) is 0 Å². The van der Waals surface area contributed by atoms with Crippen LogP contribution in [0.5, 0.6) is 0 Å². The molecule has 3 nitrogen and oxygen atoms in total. The van der Waals surface area contributed by atoms with E-state index in [-0.39, 0.29) is 16.7 Å². The molecule has 0 aromatic rings. The summed E-state index contributed by atoms with van der Waals surface area (Å²) in [5.74, 6) is 0.0586. The maximum atomic E-state index is 5.68. The van der Waals surface area contributed by atoms with Gasteiger partial charge < -0.3 is 14.2 Å². The van der Waals surface area contributed by atoms with Crippen molar-refractivity contribution in [2.24, 2.45) is 0 Å². The highest BCUT2D eigenvalue weighted by Crippen LogP contribution is 2.36. The molecule has 0 amide bonds. The molecule has 80 valence electrons. The van der Waals surface area contributed by atoms with Crippen molar-refractivity contribution in [3.05, 3.63) is 10.3 Å². The molecule has 2 fully saturated rings. The van der Waals surface area contributed by atoms with Gasteiger partial charge >= 0.3 is 0 Å². The van der Waals surface area contributed by atoms with E-state index < -0.39 is 5.79 Å². The van der Waals surface area contributed by atoms with Crippen LogP contribution in [0.1, 0.15) is 20.3 Å². The molecule has 2 aliphatic rings. The van der Waals surface area contributed by atoms with Crippen LogP contribution in [-0.2, 0) is 14.2 Å². The Bertz CT molecular complexity index is 271. The first-order valence-electron chi connectivity index (χ1n) is 4.50. The fourth-order valence-corrected chi connectivity index (χ4v) is 2.04. The molecule has 2 rings (SSSR count). The maximum Gasteiger partial charge on any atom is 0.163 e. The molecule has 2 aliphatic heterocycles. The van der Waals surface area contributed by atoms with Gasteiger partial charge in [-0.15, -0.1) is 0 Å². The van der Waals surface area contributed by atoms with Crippen molar-refractivity contribution in [3.63, 3.8) is 0 Å². The van der Waals surface area contributed by atoms with E-state index in [1.165, 1.54) is 0 Å². The Morgan fingerprint density at radius 2 is 1.93 bits per heavy atom. The van der Waals surface area contributed by atoms with Gasteiger partial charge in [0.05, 0.1) is 6.10 Å². The molecule has 0 aromatic heterocycles. The van der Waals surface area contributed by atoms with Crippen molar-refractivity contribution in [2.75, 3.05) is 6.61 Å². The zero-order valence-corrected chi connectivity index (χ0v) is 9.56. The fourth-order valence-electron chi connectivity index (χ4n) is 1.78. The van der Waals surface area contributed by atoms with E-state index >= 15 is 0 Å². The van der Waals surface area contributed by atoms with Crippen LogP contribution in [-0.4, -0.2) is 24.6 Å². The molecular formula is C9H12Cl2O3. The molecule has 2 atom stereocenters. The van der Waals surface area contributed by atoms with Crippen molar-refractivity contribution in [1.29, 1.82) is 0 Å². The van der Waals surface area contributed by atoms with Crippen LogP contribution in [0, 0.1) is 0 Å². The zero-order valence-electron chi connectivity index (χ0n) is 8.05. The minimum Gasteiger partial charge on any atom is -0.493 e. The molecule has 14 heavy (non-hydrogen) atoms. The largest absolute Gasteiger partial charge is 0.493 e. The quantitative estimate of drug-likeness (QED) is 0.650. The second-order valence-corrected chi connectivity index (χ2v) is 4.86. The van der Waals surface area contributed by atoms with Gasteiger partial charge in [0.25, 0.3) is 0 Å². The highest BCUT2D eigenvalue weighted by atomic mass is 35.5. The Morgan fingerprint density at radius 3 is 2.57 bits per heavy atom. The average molecular weight is 239 g/mol. The van der Waals surface area contributed by atoms with Crippen molar-refractivity contribution in [1.82, 2.24) is 0 Å². The molecule has 0 bridgehead atoms. The first-order chi connectivity index (χ1) is 6.48. The third-order valence-electron chi connectivity index (χ3n) is 2.30. The van der Waals surface area contributed by atoms with Gasteiger partial charge in [-0.3, -0.25) is 0 Å². The summed E-state index contributed by atoms with van der Waals surface area (Å²) in [6.07, 6.45) is 0.568. The molecule has 0 aliphatic carbocycles. The zero-order chi connectivity index (χ0) is 10.3. The molecule has 0 aromatic carbocycles. The van der Waals surface area contributed by atoms with Crippen LogP contribution in [0.4, 0.5) is 0 Å². The summed E-state index contributed by atoms with van der Waals surface area (Å²) in [4.78, 5) is 0. The Labute approximate surface area is 92.9 Å². The second kappa shape index (κ2) is 3.56. The Balaban J connectivity index is 2.09. The summed E-state index contributed by atoms with van der Waals surface area (Å²) in [7, 11) is 0. The van der Waals surface area contributed by atoms with E-state index in [4.69, 9.17) is 37.4 Å². The minimum atomic E-state index is -0.535. The number of ether oxygens (including phenoxy) is 3. The molecule has 2 heterocycles. The van der Waals surface area contributed by atoms with Gasteiger partial charge in [0.1, 0.15) is 23.0 Å². The van der Waals surface area contributed by atoms with Crippen LogP contribution in [0.25, 0.3) is 0 Å². The number of hydrogen-bond acceptors (Lipinski definition) is 3. The van der Waals surface area contributed by atoms with Gasteiger partial charge in [-0.2, -0.15) is 0 Å². The topological polar surface area (TPSA) is 27.7 Å². The van der Waals surface area contributed by atoms with Crippen molar-refractivity contribution in [3.8, 4) is 0 Å². The minimum absolute atomic E-state index is 0.00116. The molecule has 0 radical (unpaired) electrons.